The van der Waals surface area contributed by atoms with Crippen LogP contribution in [0.15, 0.2) is 57.2 Å². The molecule has 5 nitrogen and oxygen atoms in total. The molecule has 2 N–H and O–H groups in total. The van der Waals surface area contributed by atoms with Crippen LogP contribution in [-0.2, 0) is 0 Å². The molecular weight excluding hydrogens is 370 g/mol. The second kappa shape index (κ2) is 6.57. The van der Waals surface area contributed by atoms with Gasteiger partial charge in [-0.25, -0.2) is 0 Å². The first-order chi connectivity index (χ1) is 11.5. The van der Waals surface area contributed by atoms with E-state index in [2.05, 4.69) is 45.0 Å². The zero-order valence-electron chi connectivity index (χ0n) is 13.2. The molecule has 6 heteroatoms. The van der Waals surface area contributed by atoms with Gasteiger partial charge in [0, 0.05) is 9.86 Å². The van der Waals surface area contributed by atoms with E-state index in [1.54, 1.807) is 18.2 Å². The van der Waals surface area contributed by atoms with E-state index in [1.165, 1.54) is 0 Å². The van der Waals surface area contributed by atoms with Crippen LogP contribution in [0.3, 0.4) is 0 Å². The Morgan fingerprint density at radius 3 is 2.67 bits per heavy atom. The molecular formula is C18H16BrN3O2. The minimum absolute atomic E-state index is 0.102. The van der Waals surface area contributed by atoms with Crippen molar-refractivity contribution in [3.05, 3.63) is 58.1 Å². The molecule has 0 aliphatic heterocycles. The zero-order chi connectivity index (χ0) is 17.3. The highest BCUT2D eigenvalue weighted by Gasteiger charge is 2.14. The first-order valence-electron chi connectivity index (χ1n) is 7.52. The van der Waals surface area contributed by atoms with E-state index < -0.39 is 5.91 Å². The Bertz CT molecular complexity index is 945. The number of azo groups is 1. The van der Waals surface area contributed by atoms with E-state index in [1.807, 2.05) is 24.3 Å². The van der Waals surface area contributed by atoms with Gasteiger partial charge < -0.3 is 10.1 Å². The smallest absolute Gasteiger partial charge is 0.296 e. The van der Waals surface area contributed by atoms with Gasteiger partial charge in [0.1, 0.15) is 0 Å². The van der Waals surface area contributed by atoms with E-state index >= 15 is 0 Å². The molecule has 0 aliphatic rings. The molecule has 0 unspecified atom stereocenters. The second-order valence-corrected chi connectivity index (χ2v) is 6.62. The van der Waals surface area contributed by atoms with Crippen LogP contribution >= 0.6 is 15.9 Å². The van der Waals surface area contributed by atoms with Gasteiger partial charge in [0.2, 0.25) is 5.88 Å². The van der Waals surface area contributed by atoms with Gasteiger partial charge in [0.15, 0.2) is 5.69 Å². The third kappa shape index (κ3) is 3.10. The number of carbonyl (C=O) groups is 1. The predicted molar refractivity (Wildman–Crippen MR) is 97.0 cm³/mol. The summed E-state index contributed by atoms with van der Waals surface area (Å²) in [6.45, 7) is 4.18. The van der Waals surface area contributed by atoms with Crippen molar-refractivity contribution in [1.29, 1.82) is 0 Å². The van der Waals surface area contributed by atoms with Gasteiger partial charge >= 0.3 is 0 Å². The predicted octanol–water partition coefficient (Wildman–Crippen LogP) is 5.68. The summed E-state index contributed by atoms with van der Waals surface area (Å²) in [6, 6.07) is 12.8. The summed E-state index contributed by atoms with van der Waals surface area (Å²) < 4.78 is 0.652. The molecule has 24 heavy (non-hydrogen) atoms. The number of amides is 1. The molecule has 3 rings (SSSR count). The van der Waals surface area contributed by atoms with Gasteiger partial charge in [-0.05, 0) is 51.7 Å². The van der Waals surface area contributed by atoms with Gasteiger partial charge in [-0.3, -0.25) is 4.79 Å². The molecule has 1 heterocycles. The average Bonchev–Trinajstić information content (AvgIpc) is 2.87. The molecule has 3 aromatic rings. The molecule has 0 radical (unpaired) electrons. The molecule has 0 saturated heterocycles. The number of H-pyrrole nitrogens is 1. The number of nitrogens with one attached hydrogen (secondary N) is 1. The summed E-state index contributed by atoms with van der Waals surface area (Å²) >= 11 is 3.32. The Hall–Kier alpha value is -2.47. The van der Waals surface area contributed by atoms with Crippen molar-refractivity contribution in [3.8, 4) is 5.88 Å². The summed E-state index contributed by atoms with van der Waals surface area (Å²) in [6.07, 6.45) is 0. The third-order valence-corrected chi connectivity index (χ3v) is 4.48. The number of hydrogen-bond acceptors (Lipinski definition) is 3. The van der Waals surface area contributed by atoms with Crippen molar-refractivity contribution < 1.29 is 9.90 Å². The zero-order valence-corrected chi connectivity index (χ0v) is 14.8. The minimum atomic E-state index is -0.476. The number of halogens is 1. The number of hydrogen-bond donors (Lipinski definition) is 2. The number of fused-ring (bicyclic) bond motifs is 1. The fraction of sp³-hybridized carbons (Fsp3) is 0.167. The van der Waals surface area contributed by atoms with Crippen molar-refractivity contribution in [2.75, 3.05) is 0 Å². The van der Waals surface area contributed by atoms with Gasteiger partial charge in [-0.1, -0.05) is 32.0 Å². The average molecular weight is 386 g/mol. The maximum absolute atomic E-state index is 12.2. The second-order valence-electron chi connectivity index (χ2n) is 5.77. The van der Waals surface area contributed by atoms with Crippen molar-refractivity contribution in [3.63, 3.8) is 0 Å². The van der Waals surface area contributed by atoms with E-state index in [9.17, 15) is 9.90 Å². The van der Waals surface area contributed by atoms with Gasteiger partial charge in [-0.15, -0.1) is 10.2 Å². The summed E-state index contributed by atoms with van der Waals surface area (Å²) in [5.74, 6) is -0.232. The quantitative estimate of drug-likeness (QED) is 0.568. The SMILES string of the molecule is CC(C)c1ccc2[nH]c(O)c(N=NC(=O)c3ccccc3Br)c2c1. The van der Waals surface area contributed by atoms with Crippen LogP contribution in [0.1, 0.15) is 35.7 Å². The number of benzene rings is 2. The molecule has 0 saturated carbocycles. The topological polar surface area (TPSA) is 77.8 Å². The van der Waals surface area contributed by atoms with Crippen LogP contribution in [0.4, 0.5) is 5.69 Å². The van der Waals surface area contributed by atoms with Crippen LogP contribution in [0.5, 0.6) is 5.88 Å². The van der Waals surface area contributed by atoms with Crippen molar-refractivity contribution in [2.24, 2.45) is 10.2 Å². The first kappa shape index (κ1) is 16.4. The molecule has 0 fully saturated rings. The summed E-state index contributed by atoms with van der Waals surface area (Å²) in [5.41, 5.74) is 2.56. The lowest BCUT2D eigenvalue weighted by Gasteiger charge is -2.04. The minimum Gasteiger partial charge on any atom is -0.493 e. The molecule has 2 aromatic carbocycles. The van der Waals surface area contributed by atoms with Gasteiger partial charge in [-0.2, -0.15) is 0 Å². The lowest BCUT2D eigenvalue weighted by atomic mass is 10.0. The van der Waals surface area contributed by atoms with Crippen LogP contribution < -0.4 is 0 Å². The van der Waals surface area contributed by atoms with E-state index in [-0.39, 0.29) is 11.6 Å². The number of aromatic nitrogens is 1. The Kier molecular flexibility index (Phi) is 4.49. The molecule has 0 bridgehead atoms. The van der Waals surface area contributed by atoms with Crippen molar-refractivity contribution in [1.82, 2.24) is 4.98 Å². The monoisotopic (exact) mass is 385 g/mol. The van der Waals surface area contributed by atoms with Gasteiger partial charge in [0.25, 0.3) is 5.91 Å². The number of carbonyl (C=O) groups excluding carboxylic acids is 1. The number of aromatic hydroxyl groups is 1. The lowest BCUT2D eigenvalue weighted by molar-refractivity contribution is 0.0994. The largest absolute Gasteiger partial charge is 0.493 e. The molecule has 0 aliphatic carbocycles. The van der Waals surface area contributed by atoms with Crippen molar-refractivity contribution in [2.45, 2.75) is 19.8 Å². The maximum atomic E-state index is 12.2. The Balaban J connectivity index is 2.00. The van der Waals surface area contributed by atoms with Crippen LogP contribution in [0, 0.1) is 0 Å². The highest BCUT2D eigenvalue weighted by Crippen LogP contribution is 2.37. The Morgan fingerprint density at radius 2 is 1.96 bits per heavy atom. The van der Waals surface area contributed by atoms with E-state index in [4.69, 9.17) is 0 Å². The molecule has 0 spiro atoms. The number of aromatic amines is 1. The standard InChI is InChI=1S/C18H16BrN3O2/c1-10(2)11-7-8-15-13(9-11)16(18(24)20-15)21-22-17(23)12-5-3-4-6-14(12)19/h3-10,20,24H,1-2H3. The lowest BCUT2D eigenvalue weighted by Crippen LogP contribution is -1.94. The Morgan fingerprint density at radius 1 is 1.21 bits per heavy atom. The third-order valence-electron chi connectivity index (χ3n) is 3.79. The van der Waals surface area contributed by atoms with Gasteiger partial charge in [0.05, 0.1) is 11.1 Å². The van der Waals surface area contributed by atoms with E-state index in [0.29, 0.717) is 16.0 Å². The van der Waals surface area contributed by atoms with Crippen molar-refractivity contribution >= 4 is 38.4 Å². The Labute approximate surface area is 147 Å². The fourth-order valence-corrected chi connectivity index (χ4v) is 2.88. The molecule has 122 valence electrons. The highest BCUT2D eigenvalue weighted by molar-refractivity contribution is 9.10. The summed E-state index contributed by atoms with van der Waals surface area (Å²) in [5, 5.41) is 18.6. The van der Waals surface area contributed by atoms with E-state index in [0.717, 1.165) is 16.5 Å². The molecule has 0 atom stereocenters. The number of nitrogens with zero attached hydrogens (tertiary/aromatic N) is 2. The summed E-state index contributed by atoms with van der Waals surface area (Å²) in [7, 11) is 0. The molecule has 1 aromatic heterocycles. The first-order valence-corrected chi connectivity index (χ1v) is 8.32. The van der Waals surface area contributed by atoms with Crippen LogP contribution in [0.2, 0.25) is 0 Å². The fourth-order valence-electron chi connectivity index (χ4n) is 2.43. The maximum Gasteiger partial charge on any atom is 0.296 e. The van der Waals surface area contributed by atoms with Crippen LogP contribution in [0.25, 0.3) is 10.9 Å². The number of rotatable bonds is 3. The van der Waals surface area contributed by atoms with Crippen LogP contribution in [-0.4, -0.2) is 16.0 Å². The highest BCUT2D eigenvalue weighted by atomic mass is 79.9. The molecule has 1 amide bonds. The summed E-state index contributed by atoms with van der Waals surface area (Å²) in [4.78, 5) is 15.1. The normalized spacial score (nSPS) is 11.7.